The van der Waals surface area contributed by atoms with Crippen molar-refractivity contribution in [2.75, 3.05) is 264 Å². The lowest BCUT2D eigenvalue weighted by Crippen LogP contribution is -2.54. The van der Waals surface area contributed by atoms with E-state index in [9.17, 15) is 62.3 Å². The number of carbonyl (C=O) groups excluding carboxylic acids is 13. The molecule has 0 aliphatic carbocycles. The van der Waals surface area contributed by atoms with E-state index in [-0.39, 0.29) is 270 Å². The van der Waals surface area contributed by atoms with E-state index in [1.807, 2.05) is 6.92 Å². The van der Waals surface area contributed by atoms with E-state index < -0.39 is 47.7 Å². The van der Waals surface area contributed by atoms with Gasteiger partial charge in [-0.15, -0.1) is 0 Å². The Morgan fingerprint density at radius 3 is 0.863 bits per heavy atom. The lowest BCUT2D eigenvalue weighted by atomic mass is 10.0. The predicted octanol–water partition coefficient (Wildman–Crippen LogP) is -3.12. The van der Waals surface area contributed by atoms with Crippen molar-refractivity contribution in [1.82, 2.24) is 63.8 Å². The lowest BCUT2D eigenvalue weighted by Gasteiger charge is -2.24. The van der Waals surface area contributed by atoms with Crippen molar-refractivity contribution in [2.45, 2.75) is 149 Å². The molecule has 41 nitrogen and oxygen atoms in total. The molecule has 12 amide bonds. The molecule has 4 atom stereocenters. The number of hydrogen-bond acceptors (Lipinski definition) is 29. The van der Waals surface area contributed by atoms with Crippen molar-refractivity contribution in [3.05, 3.63) is 0 Å². The van der Waals surface area contributed by atoms with E-state index in [0.717, 1.165) is 0 Å². The highest BCUT2D eigenvalue weighted by molar-refractivity contribution is 5.92. The van der Waals surface area contributed by atoms with Gasteiger partial charge in [0.15, 0.2) is 5.78 Å². The van der Waals surface area contributed by atoms with Gasteiger partial charge in [0.25, 0.3) is 0 Å². The normalized spacial score (nSPS) is 12.1. The maximum atomic E-state index is 14.4. The molecule has 0 radical (unpaired) electrons. The van der Waals surface area contributed by atoms with Crippen molar-refractivity contribution in [1.29, 1.82) is 0 Å². The quantitative estimate of drug-likeness (QED) is 0.0268. The van der Waals surface area contributed by atoms with Crippen molar-refractivity contribution >= 4 is 76.7 Å². The number of nitrogens with one attached hydrogen (secondary N) is 12. The minimum absolute atomic E-state index is 0.0000816. The maximum absolute atomic E-state index is 14.4. The van der Waals surface area contributed by atoms with Gasteiger partial charge in [0, 0.05) is 112 Å². The van der Waals surface area contributed by atoms with Gasteiger partial charge in [0.05, 0.1) is 198 Å². The number of hydrogen-bond donors (Lipinski definition) is 12. The first-order valence-corrected chi connectivity index (χ1v) is 40.6. The second-order valence-electron chi connectivity index (χ2n) is 26.3. The average Bonchev–Trinajstić information content (AvgIpc) is 0.889. The van der Waals surface area contributed by atoms with Crippen LogP contribution < -0.4 is 63.8 Å². The summed E-state index contributed by atoms with van der Waals surface area (Å²) in [6.07, 6.45) is 2.39. The van der Waals surface area contributed by atoms with Crippen LogP contribution in [0.4, 0.5) is 0 Å². The summed E-state index contributed by atoms with van der Waals surface area (Å²) in [4.78, 5) is 162. The molecule has 0 saturated carbocycles. The average molecular weight is 1690 g/mol. The summed E-state index contributed by atoms with van der Waals surface area (Å²) < 4.78 is 87.8. The Balaban J connectivity index is 6.13. The molecule has 0 spiro atoms. The molecule has 0 heterocycles. The molecule has 117 heavy (non-hydrogen) atoms. The summed E-state index contributed by atoms with van der Waals surface area (Å²) in [5.41, 5.74) is 0. The van der Waals surface area contributed by atoms with Gasteiger partial charge in [0.1, 0.15) is 31.3 Å². The van der Waals surface area contributed by atoms with E-state index in [2.05, 4.69) is 63.8 Å². The Bertz CT molecular complexity index is 2630. The van der Waals surface area contributed by atoms with Crippen LogP contribution in [-0.4, -0.2) is 365 Å². The van der Waals surface area contributed by atoms with Crippen LogP contribution in [-0.2, 0) is 138 Å². The van der Waals surface area contributed by atoms with Gasteiger partial charge >= 0.3 is 0 Å². The Morgan fingerprint density at radius 2 is 0.496 bits per heavy atom. The molecule has 0 aliphatic heterocycles. The summed E-state index contributed by atoms with van der Waals surface area (Å²) in [6, 6.07) is -3.29. The lowest BCUT2D eigenvalue weighted by molar-refractivity contribution is -0.132. The number of carbonyl (C=O) groups is 13. The summed E-state index contributed by atoms with van der Waals surface area (Å²) >= 11 is 0. The number of Topliss-reactive ketones (excluding diaryl/α,β-unsaturated/α-hetero) is 1. The topological polar surface area (TPSA) is 514 Å². The Hall–Kier alpha value is -7.33. The van der Waals surface area contributed by atoms with Crippen molar-refractivity contribution in [3.8, 4) is 0 Å². The van der Waals surface area contributed by atoms with Gasteiger partial charge < -0.3 is 140 Å². The van der Waals surface area contributed by atoms with Crippen LogP contribution in [0.2, 0.25) is 0 Å². The molecule has 41 heteroatoms. The fourth-order valence-corrected chi connectivity index (χ4v) is 9.69. The van der Waals surface area contributed by atoms with Crippen LogP contribution in [0.5, 0.6) is 0 Å². The highest BCUT2D eigenvalue weighted by atomic mass is 16.6. The molecule has 0 rings (SSSR count). The Kier molecular flexibility index (Phi) is 76.0. The molecule has 0 aromatic heterocycles. The minimum Gasteiger partial charge on any atom is -0.379 e. The third-order valence-corrected chi connectivity index (χ3v) is 15.6. The highest BCUT2D eigenvalue weighted by Gasteiger charge is 2.27. The molecule has 0 aliphatic rings. The van der Waals surface area contributed by atoms with Gasteiger partial charge in [-0.3, -0.25) is 62.3 Å². The molecule has 0 saturated heterocycles. The van der Waals surface area contributed by atoms with Gasteiger partial charge in [0.2, 0.25) is 70.9 Å². The zero-order chi connectivity index (χ0) is 86.1. The largest absolute Gasteiger partial charge is 0.379 e. The number of ketones is 1. The van der Waals surface area contributed by atoms with Crippen molar-refractivity contribution in [2.24, 2.45) is 0 Å². The molecular formula is C76H140N12O29. The first-order chi connectivity index (χ1) is 56.6. The monoisotopic (exact) mass is 1680 g/mol. The number of unbranched alkanes of at least 4 members (excludes halogenated alkanes) is 3. The van der Waals surface area contributed by atoms with Crippen molar-refractivity contribution in [3.63, 3.8) is 0 Å². The first kappa shape index (κ1) is 110. The zero-order valence-corrected chi connectivity index (χ0v) is 70.1. The summed E-state index contributed by atoms with van der Waals surface area (Å²) in [7, 11) is 0. The third-order valence-electron chi connectivity index (χ3n) is 15.6. The molecule has 4 unspecified atom stereocenters. The van der Waals surface area contributed by atoms with Crippen molar-refractivity contribution < 1.29 is 138 Å². The summed E-state index contributed by atoms with van der Waals surface area (Å²) in [5, 5.41) is 33.0. The van der Waals surface area contributed by atoms with E-state index >= 15 is 0 Å². The van der Waals surface area contributed by atoms with Crippen LogP contribution in [0.15, 0.2) is 0 Å². The molecule has 0 aromatic carbocycles. The van der Waals surface area contributed by atoms with E-state index in [1.54, 1.807) is 0 Å². The van der Waals surface area contributed by atoms with Gasteiger partial charge in [-0.2, -0.15) is 0 Å². The van der Waals surface area contributed by atoms with Crippen LogP contribution >= 0.6 is 0 Å². The molecule has 0 aromatic rings. The van der Waals surface area contributed by atoms with Crippen LogP contribution in [0, 0.1) is 0 Å². The summed E-state index contributed by atoms with van der Waals surface area (Å²) in [5.74, 6) is -4.26. The molecule has 0 fully saturated rings. The third kappa shape index (κ3) is 79.6. The molecule has 0 bridgehead atoms. The number of rotatable bonds is 85. The second kappa shape index (κ2) is 81.1. The standard InChI is InChI=1S/C76H140N12O29/c1-60(89)57-114-54-52-109-36-26-83-73(98)59-116-56-53-110-37-27-85-75(100)67(88-76(101)68(87-72(97)19-31-104-41-47-113-50-44-108-35-25-79-64(5)92)15-8-11-21-82-70(95)17-30-103-40-46-112-49-43-107-34-24-78-63(4)91)14-9-12-22-84-74(99)66(86-71(96)18-32-105-51-55-115-58-61(2)117-38-28-80-65(6)93)13-7-10-20-81-69(94)16-29-102-39-45-111-48-42-106-33-23-77-62(3)90/h61,66-68H,7-59H2,1-6H3,(H,77,90)(H,78,91)(H,79,92)(H,80,93)(H,81,94)(H,82,95)(H,83,98)(H,84,99)(H,85,100)(H,86,96)(H,87,97)(H,88,101). The van der Waals surface area contributed by atoms with E-state index in [1.165, 1.54) is 34.6 Å². The Labute approximate surface area is 689 Å². The van der Waals surface area contributed by atoms with Gasteiger partial charge in [-0.05, 0) is 71.6 Å². The SMILES string of the molecule is CC(=O)COCCOCCNC(=O)COCCOCCNC(=O)C(CCCCNC(=O)C(CCCCNC(=O)CCOCCOCCOCCNC(C)=O)NC(=O)CCOCCOCC(C)OCCNC(C)=O)NC(=O)C(CCCCNC(=O)CCOCCOCCOCCNC(C)=O)NC(=O)CCOCCOCCOCCNC(C)=O. The van der Waals surface area contributed by atoms with Gasteiger partial charge in [-0.25, -0.2) is 0 Å². The number of amides is 12. The number of ether oxygens (including phenoxy) is 16. The van der Waals surface area contributed by atoms with Crippen LogP contribution in [0.25, 0.3) is 0 Å². The van der Waals surface area contributed by atoms with Crippen LogP contribution in [0.3, 0.4) is 0 Å². The zero-order valence-electron chi connectivity index (χ0n) is 70.1. The molecule has 678 valence electrons. The van der Waals surface area contributed by atoms with E-state index in [0.29, 0.717) is 131 Å². The summed E-state index contributed by atoms with van der Waals surface area (Å²) in [6.45, 7) is 17.8. The fourth-order valence-electron chi connectivity index (χ4n) is 9.69. The fraction of sp³-hybridized carbons (Fsp3) is 0.829. The molecular weight excluding hydrogens is 1540 g/mol. The highest BCUT2D eigenvalue weighted by Crippen LogP contribution is 2.09. The maximum Gasteiger partial charge on any atom is 0.246 e. The van der Waals surface area contributed by atoms with Crippen LogP contribution in [0.1, 0.15) is 125 Å². The predicted molar refractivity (Wildman–Crippen MR) is 424 cm³/mol. The smallest absolute Gasteiger partial charge is 0.246 e. The first-order valence-electron chi connectivity index (χ1n) is 40.6. The second-order valence-corrected chi connectivity index (χ2v) is 26.3. The van der Waals surface area contributed by atoms with Gasteiger partial charge in [-0.1, -0.05) is 0 Å². The Morgan fingerprint density at radius 1 is 0.231 bits per heavy atom. The van der Waals surface area contributed by atoms with E-state index in [4.69, 9.17) is 75.8 Å². The minimum atomic E-state index is -1.16. The molecule has 12 N–H and O–H groups in total.